The number of pyridine rings is 1. The van der Waals surface area contributed by atoms with Gasteiger partial charge in [0.25, 0.3) is 0 Å². The lowest BCUT2D eigenvalue weighted by atomic mass is 10.0. The summed E-state index contributed by atoms with van der Waals surface area (Å²) in [6, 6.07) is 16.3. The summed E-state index contributed by atoms with van der Waals surface area (Å²) in [5.41, 5.74) is 1.70. The predicted molar refractivity (Wildman–Crippen MR) is 119 cm³/mol. The Bertz CT molecular complexity index is 1370. The second-order valence-corrected chi connectivity index (χ2v) is 9.85. The molecular weight excluding hydrogens is 472 g/mol. The summed E-state index contributed by atoms with van der Waals surface area (Å²) in [5, 5.41) is 1.96. The molecule has 0 aliphatic carbocycles. The van der Waals surface area contributed by atoms with Crippen LogP contribution in [-0.2, 0) is 9.84 Å². The van der Waals surface area contributed by atoms with E-state index in [0.29, 0.717) is 32.1 Å². The largest absolute Gasteiger partial charge is 0.255 e. The lowest BCUT2D eigenvalue weighted by Crippen LogP contribution is -2.06. The fourth-order valence-corrected chi connectivity index (χ4v) is 5.25. The summed E-state index contributed by atoms with van der Waals surface area (Å²) in [5.74, 6) is 0. The summed E-state index contributed by atoms with van der Waals surface area (Å²) < 4.78 is 27.0. The first-order valence-corrected chi connectivity index (χ1v) is 11.3. The van der Waals surface area contributed by atoms with Crippen LogP contribution < -0.4 is 0 Å². The zero-order valence-corrected chi connectivity index (χ0v) is 18.4. The molecule has 0 radical (unpaired) electrons. The Hall–Kier alpha value is -1.82. The predicted octanol–water partition coefficient (Wildman–Crippen LogP) is 7.35. The van der Waals surface area contributed by atoms with Gasteiger partial charge in [0.2, 0.25) is 9.84 Å². The average molecular weight is 483 g/mol. The Morgan fingerprint density at radius 3 is 2.24 bits per heavy atom. The van der Waals surface area contributed by atoms with Crippen molar-refractivity contribution in [2.45, 2.75) is 9.79 Å². The van der Waals surface area contributed by atoms with Crippen molar-refractivity contribution in [2.24, 2.45) is 0 Å². The number of hydrogen-bond acceptors (Lipinski definition) is 3. The number of aromatic nitrogens is 1. The molecule has 8 heteroatoms. The molecule has 146 valence electrons. The van der Waals surface area contributed by atoms with Crippen LogP contribution in [-0.4, -0.2) is 13.4 Å². The Balaban J connectivity index is 2.09. The van der Waals surface area contributed by atoms with E-state index in [-0.39, 0.29) is 19.8 Å². The highest BCUT2D eigenvalue weighted by atomic mass is 35.5. The highest BCUT2D eigenvalue weighted by Gasteiger charge is 2.25. The molecule has 3 nitrogen and oxygen atoms in total. The van der Waals surface area contributed by atoms with Crippen LogP contribution in [0.15, 0.2) is 76.7 Å². The van der Waals surface area contributed by atoms with Crippen LogP contribution in [0.4, 0.5) is 0 Å². The minimum atomic E-state index is -3.97. The van der Waals surface area contributed by atoms with Crippen LogP contribution in [0.1, 0.15) is 0 Å². The summed E-state index contributed by atoms with van der Waals surface area (Å²) in [7, 11) is -3.97. The van der Waals surface area contributed by atoms with Gasteiger partial charge in [-0.15, -0.1) is 0 Å². The fourth-order valence-electron chi connectivity index (χ4n) is 3.06. The van der Waals surface area contributed by atoms with Crippen molar-refractivity contribution < 1.29 is 8.42 Å². The molecule has 3 aromatic carbocycles. The number of sulfone groups is 1. The zero-order chi connectivity index (χ0) is 20.8. The van der Waals surface area contributed by atoms with E-state index in [9.17, 15) is 8.42 Å². The molecule has 0 saturated heterocycles. The van der Waals surface area contributed by atoms with Gasteiger partial charge in [-0.3, -0.25) is 4.98 Å². The summed E-state index contributed by atoms with van der Waals surface area (Å²) in [6.45, 7) is 0. The molecule has 0 fully saturated rings. The molecular formula is C21H11Cl4NO2S. The quantitative estimate of drug-likeness (QED) is 0.306. The van der Waals surface area contributed by atoms with Crippen molar-refractivity contribution in [3.8, 4) is 11.1 Å². The third-order valence-electron chi connectivity index (χ3n) is 4.40. The van der Waals surface area contributed by atoms with Crippen LogP contribution in [0.3, 0.4) is 0 Å². The van der Waals surface area contributed by atoms with Crippen molar-refractivity contribution in [3.63, 3.8) is 0 Å². The first-order chi connectivity index (χ1) is 13.8. The van der Waals surface area contributed by atoms with E-state index < -0.39 is 9.84 Å². The number of halogens is 4. The molecule has 0 amide bonds. The standard InChI is InChI=1S/C21H11Cl4NO2S/c22-13-3-1-2-12(8-13)21-16-9-14(23)4-7-19(16)26-11-20(21)29(27,28)15-5-6-17(24)18(25)10-15/h1-11H. The van der Waals surface area contributed by atoms with Crippen molar-refractivity contribution in [1.29, 1.82) is 0 Å². The van der Waals surface area contributed by atoms with Gasteiger partial charge in [-0.05, 0) is 54.1 Å². The number of nitrogens with zero attached hydrogens (tertiary/aromatic N) is 1. The molecule has 0 saturated carbocycles. The third kappa shape index (κ3) is 3.83. The lowest BCUT2D eigenvalue weighted by molar-refractivity contribution is 0.596. The third-order valence-corrected chi connectivity index (χ3v) is 7.37. The maximum atomic E-state index is 13.5. The zero-order valence-electron chi connectivity index (χ0n) is 14.5. The van der Waals surface area contributed by atoms with Crippen LogP contribution in [0, 0.1) is 0 Å². The molecule has 4 aromatic rings. The molecule has 29 heavy (non-hydrogen) atoms. The smallest absolute Gasteiger partial charge is 0.208 e. The van der Waals surface area contributed by atoms with E-state index in [2.05, 4.69) is 4.98 Å². The second-order valence-electron chi connectivity index (χ2n) is 6.25. The van der Waals surface area contributed by atoms with Crippen LogP contribution >= 0.6 is 46.4 Å². The number of rotatable bonds is 3. The van der Waals surface area contributed by atoms with Gasteiger partial charge in [0.15, 0.2) is 0 Å². The molecule has 0 spiro atoms. The topological polar surface area (TPSA) is 47.0 Å². The lowest BCUT2D eigenvalue weighted by Gasteiger charge is -2.14. The van der Waals surface area contributed by atoms with Gasteiger partial charge in [0.05, 0.1) is 25.4 Å². The van der Waals surface area contributed by atoms with Crippen molar-refractivity contribution in [2.75, 3.05) is 0 Å². The van der Waals surface area contributed by atoms with Crippen molar-refractivity contribution in [3.05, 3.63) is 87.0 Å². The molecule has 0 aliphatic rings. The number of hydrogen-bond donors (Lipinski definition) is 0. The molecule has 4 rings (SSSR count). The molecule has 0 atom stereocenters. The van der Waals surface area contributed by atoms with Crippen molar-refractivity contribution in [1.82, 2.24) is 4.98 Å². The van der Waals surface area contributed by atoms with E-state index >= 15 is 0 Å². The van der Waals surface area contributed by atoms with Gasteiger partial charge in [-0.2, -0.15) is 0 Å². The van der Waals surface area contributed by atoms with Gasteiger partial charge in [-0.25, -0.2) is 8.42 Å². The Morgan fingerprint density at radius 2 is 1.52 bits per heavy atom. The van der Waals surface area contributed by atoms with Crippen LogP contribution in [0.2, 0.25) is 20.1 Å². The molecule has 0 unspecified atom stereocenters. The average Bonchev–Trinajstić information content (AvgIpc) is 2.69. The Labute approximate surface area is 187 Å². The molecule has 0 N–H and O–H groups in total. The van der Waals surface area contributed by atoms with Crippen LogP contribution in [0.25, 0.3) is 22.0 Å². The molecule has 1 aromatic heterocycles. The summed E-state index contributed by atoms with van der Waals surface area (Å²) in [6.07, 6.45) is 1.34. The summed E-state index contributed by atoms with van der Waals surface area (Å²) in [4.78, 5) is 4.37. The minimum Gasteiger partial charge on any atom is -0.255 e. The van der Waals surface area contributed by atoms with Crippen molar-refractivity contribution >= 4 is 67.1 Å². The van der Waals surface area contributed by atoms with Gasteiger partial charge >= 0.3 is 0 Å². The highest BCUT2D eigenvalue weighted by molar-refractivity contribution is 7.91. The Kier molecular flexibility index (Phi) is 5.49. The van der Waals surface area contributed by atoms with Gasteiger partial charge < -0.3 is 0 Å². The van der Waals surface area contributed by atoms with Gasteiger partial charge in [0.1, 0.15) is 0 Å². The molecule has 1 heterocycles. The van der Waals surface area contributed by atoms with E-state index in [0.717, 1.165) is 0 Å². The van der Waals surface area contributed by atoms with E-state index in [1.54, 1.807) is 42.5 Å². The second kappa shape index (κ2) is 7.78. The molecule has 0 aliphatic heterocycles. The normalized spacial score (nSPS) is 11.7. The SMILES string of the molecule is O=S(=O)(c1ccc(Cl)c(Cl)c1)c1cnc2ccc(Cl)cc2c1-c1cccc(Cl)c1. The summed E-state index contributed by atoms with van der Waals surface area (Å²) >= 11 is 24.4. The Morgan fingerprint density at radius 1 is 0.759 bits per heavy atom. The van der Waals surface area contributed by atoms with E-state index in [4.69, 9.17) is 46.4 Å². The minimum absolute atomic E-state index is 0.0124. The van der Waals surface area contributed by atoms with Gasteiger partial charge in [0, 0.05) is 27.2 Å². The van der Waals surface area contributed by atoms with E-state index in [1.807, 2.05) is 0 Å². The monoisotopic (exact) mass is 481 g/mol. The maximum absolute atomic E-state index is 13.5. The van der Waals surface area contributed by atoms with E-state index in [1.165, 1.54) is 24.4 Å². The number of benzene rings is 3. The highest BCUT2D eigenvalue weighted by Crippen LogP contribution is 2.39. The molecule has 0 bridgehead atoms. The maximum Gasteiger partial charge on any atom is 0.208 e. The first kappa shape index (κ1) is 20.5. The first-order valence-electron chi connectivity index (χ1n) is 8.32. The van der Waals surface area contributed by atoms with Gasteiger partial charge in [-0.1, -0.05) is 58.5 Å². The van der Waals surface area contributed by atoms with Crippen LogP contribution in [0.5, 0.6) is 0 Å². The fraction of sp³-hybridized carbons (Fsp3) is 0. The number of fused-ring (bicyclic) bond motifs is 1.